The molecule has 0 unspecified atom stereocenters. The smallest absolute Gasteiger partial charge is 0.339 e. The Morgan fingerprint density at radius 2 is 2.42 bits per heavy atom. The SMILES string of the molecule is CCOC(=O)c1ccc(F)nc1. The van der Waals surface area contributed by atoms with Gasteiger partial charge in [0.1, 0.15) is 0 Å². The Morgan fingerprint density at radius 1 is 1.67 bits per heavy atom. The van der Waals surface area contributed by atoms with Crippen molar-refractivity contribution in [2.45, 2.75) is 6.92 Å². The third kappa shape index (κ3) is 2.02. The van der Waals surface area contributed by atoms with E-state index in [1.165, 1.54) is 6.07 Å². The van der Waals surface area contributed by atoms with Crippen LogP contribution in [0.15, 0.2) is 18.3 Å². The number of carbonyl (C=O) groups excluding carboxylic acids is 1. The summed E-state index contributed by atoms with van der Waals surface area (Å²) in [5, 5.41) is 0. The van der Waals surface area contributed by atoms with Crippen LogP contribution in [0.2, 0.25) is 0 Å². The highest BCUT2D eigenvalue weighted by Gasteiger charge is 2.05. The van der Waals surface area contributed by atoms with Gasteiger partial charge in [-0.25, -0.2) is 9.78 Å². The Morgan fingerprint density at radius 3 is 2.92 bits per heavy atom. The van der Waals surface area contributed by atoms with E-state index in [1.807, 2.05) is 0 Å². The summed E-state index contributed by atoms with van der Waals surface area (Å²) in [6.07, 6.45) is 1.15. The van der Waals surface area contributed by atoms with Crippen molar-refractivity contribution in [3.8, 4) is 0 Å². The topological polar surface area (TPSA) is 39.2 Å². The Bertz CT molecular complexity index is 271. The third-order valence-electron chi connectivity index (χ3n) is 1.24. The maximum atomic E-state index is 12.3. The number of carbonyl (C=O) groups is 1. The minimum atomic E-state index is -0.608. The molecule has 1 heterocycles. The molecule has 0 spiro atoms. The molecule has 3 nitrogen and oxygen atoms in total. The molecule has 1 aromatic heterocycles. The van der Waals surface area contributed by atoms with E-state index >= 15 is 0 Å². The molecule has 0 aliphatic heterocycles. The molecule has 12 heavy (non-hydrogen) atoms. The van der Waals surface area contributed by atoms with Gasteiger partial charge in [-0.2, -0.15) is 4.39 Å². The van der Waals surface area contributed by atoms with Crippen molar-refractivity contribution in [1.82, 2.24) is 4.98 Å². The number of aromatic nitrogens is 1. The number of pyridine rings is 1. The van der Waals surface area contributed by atoms with Crippen LogP contribution in [0.5, 0.6) is 0 Å². The Kier molecular flexibility index (Phi) is 2.74. The molecule has 1 aromatic rings. The standard InChI is InChI=1S/C8H8FNO2/c1-2-12-8(11)6-3-4-7(9)10-5-6/h3-5H,2H2,1H3. The summed E-state index contributed by atoms with van der Waals surface area (Å²) in [5.74, 6) is -1.09. The van der Waals surface area contributed by atoms with Gasteiger partial charge in [-0.05, 0) is 19.1 Å². The highest BCUT2D eigenvalue weighted by molar-refractivity contribution is 5.88. The summed E-state index contributed by atoms with van der Waals surface area (Å²) in [4.78, 5) is 14.3. The molecule has 0 amide bonds. The van der Waals surface area contributed by atoms with Crippen molar-refractivity contribution in [3.63, 3.8) is 0 Å². The average molecular weight is 169 g/mol. The summed E-state index contributed by atoms with van der Waals surface area (Å²) in [6.45, 7) is 2.01. The van der Waals surface area contributed by atoms with E-state index in [2.05, 4.69) is 9.72 Å². The van der Waals surface area contributed by atoms with Crippen LogP contribution in [-0.4, -0.2) is 17.6 Å². The molecule has 0 aliphatic carbocycles. The van der Waals surface area contributed by atoms with Gasteiger partial charge in [0.25, 0.3) is 0 Å². The quantitative estimate of drug-likeness (QED) is 0.496. The molecular weight excluding hydrogens is 161 g/mol. The predicted octanol–water partition coefficient (Wildman–Crippen LogP) is 1.40. The van der Waals surface area contributed by atoms with Crippen LogP contribution in [0, 0.1) is 5.95 Å². The summed E-state index contributed by atoms with van der Waals surface area (Å²) < 4.78 is 16.9. The van der Waals surface area contributed by atoms with Gasteiger partial charge in [-0.3, -0.25) is 0 Å². The number of halogens is 1. The van der Waals surface area contributed by atoms with Crippen LogP contribution in [0.4, 0.5) is 4.39 Å². The number of ether oxygens (including phenoxy) is 1. The fourth-order valence-corrected chi connectivity index (χ4v) is 0.711. The van der Waals surface area contributed by atoms with Gasteiger partial charge in [0.2, 0.25) is 5.95 Å². The average Bonchev–Trinajstić information content (AvgIpc) is 2.06. The van der Waals surface area contributed by atoms with Crippen LogP contribution >= 0.6 is 0 Å². The van der Waals surface area contributed by atoms with Gasteiger partial charge >= 0.3 is 5.97 Å². The molecule has 64 valence electrons. The van der Waals surface area contributed by atoms with E-state index in [0.29, 0.717) is 6.61 Å². The fraction of sp³-hybridized carbons (Fsp3) is 0.250. The minimum absolute atomic E-state index is 0.262. The van der Waals surface area contributed by atoms with Crippen molar-refractivity contribution in [1.29, 1.82) is 0 Å². The largest absolute Gasteiger partial charge is 0.462 e. The zero-order valence-corrected chi connectivity index (χ0v) is 6.58. The molecule has 0 saturated heterocycles. The van der Waals surface area contributed by atoms with Crippen LogP contribution in [0.1, 0.15) is 17.3 Å². The van der Waals surface area contributed by atoms with Crippen molar-refractivity contribution in [3.05, 3.63) is 29.8 Å². The first-order chi connectivity index (χ1) is 5.74. The first kappa shape index (κ1) is 8.64. The van der Waals surface area contributed by atoms with E-state index in [-0.39, 0.29) is 5.56 Å². The first-order valence-electron chi connectivity index (χ1n) is 3.52. The fourth-order valence-electron chi connectivity index (χ4n) is 0.711. The lowest BCUT2D eigenvalue weighted by Crippen LogP contribution is -2.04. The maximum Gasteiger partial charge on any atom is 0.339 e. The molecular formula is C8H8FNO2. The van der Waals surface area contributed by atoms with Crippen LogP contribution < -0.4 is 0 Å². The minimum Gasteiger partial charge on any atom is -0.462 e. The molecule has 0 bridgehead atoms. The monoisotopic (exact) mass is 169 g/mol. The Labute approximate surface area is 69.2 Å². The molecule has 0 N–H and O–H groups in total. The first-order valence-corrected chi connectivity index (χ1v) is 3.52. The molecule has 1 rings (SSSR count). The lowest BCUT2D eigenvalue weighted by atomic mass is 10.3. The second-order valence-electron chi connectivity index (χ2n) is 2.09. The maximum absolute atomic E-state index is 12.3. The lowest BCUT2D eigenvalue weighted by Gasteiger charge is -1.99. The third-order valence-corrected chi connectivity index (χ3v) is 1.24. The van der Waals surface area contributed by atoms with Gasteiger partial charge in [-0.1, -0.05) is 0 Å². The number of nitrogens with zero attached hydrogens (tertiary/aromatic N) is 1. The molecule has 0 saturated carbocycles. The number of hydrogen-bond acceptors (Lipinski definition) is 3. The van der Waals surface area contributed by atoms with Crippen molar-refractivity contribution in [2.24, 2.45) is 0 Å². The highest BCUT2D eigenvalue weighted by Crippen LogP contribution is 2.00. The summed E-state index contributed by atoms with van der Waals surface area (Å²) in [5.41, 5.74) is 0.262. The van der Waals surface area contributed by atoms with E-state index in [1.54, 1.807) is 6.92 Å². The molecule has 0 radical (unpaired) electrons. The van der Waals surface area contributed by atoms with E-state index in [4.69, 9.17) is 0 Å². The predicted molar refractivity (Wildman–Crippen MR) is 40.2 cm³/mol. The second kappa shape index (κ2) is 3.80. The number of hydrogen-bond donors (Lipinski definition) is 0. The van der Waals surface area contributed by atoms with Crippen molar-refractivity contribution >= 4 is 5.97 Å². The van der Waals surface area contributed by atoms with Gasteiger partial charge in [0, 0.05) is 6.20 Å². The molecule has 0 aliphatic rings. The van der Waals surface area contributed by atoms with Gasteiger partial charge in [0.15, 0.2) is 0 Å². The van der Waals surface area contributed by atoms with Crippen molar-refractivity contribution < 1.29 is 13.9 Å². The number of rotatable bonds is 2. The summed E-state index contributed by atoms with van der Waals surface area (Å²) in [6, 6.07) is 2.45. The van der Waals surface area contributed by atoms with Crippen LogP contribution in [-0.2, 0) is 4.74 Å². The number of esters is 1. The van der Waals surface area contributed by atoms with Crippen LogP contribution in [0.25, 0.3) is 0 Å². The zero-order valence-electron chi connectivity index (χ0n) is 6.58. The molecule has 0 aromatic carbocycles. The summed E-state index contributed by atoms with van der Waals surface area (Å²) >= 11 is 0. The van der Waals surface area contributed by atoms with E-state index < -0.39 is 11.9 Å². The highest BCUT2D eigenvalue weighted by atomic mass is 19.1. The molecule has 0 atom stereocenters. The van der Waals surface area contributed by atoms with Crippen LogP contribution in [0.3, 0.4) is 0 Å². The van der Waals surface area contributed by atoms with Crippen molar-refractivity contribution in [2.75, 3.05) is 6.61 Å². The van der Waals surface area contributed by atoms with Gasteiger partial charge in [-0.15, -0.1) is 0 Å². The molecule has 0 fully saturated rings. The van der Waals surface area contributed by atoms with E-state index in [0.717, 1.165) is 12.3 Å². The Hall–Kier alpha value is -1.45. The summed E-state index contributed by atoms with van der Waals surface area (Å²) in [7, 11) is 0. The van der Waals surface area contributed by atoms with Gasteiger partial charge in [0.05, 0.1) is 12.2 Å². The lowest BCUT2D eigenvalue weighted by molar-refractivity contribution is 0.0526. The second-order valence-corrected chi connectivity index (χ2v) is 2.09. The molecule has 4 heteroatoms. The van der Waals surface area contributed by atoms with E-state index in [9.17, 15) is 9.18 Å². The Balaban J connectivity index is 2.75. The zero-order chi connectivity index (χ0) is 8.97. The van der Waals surface area contributed by atoms with Gasteiger partial charge < -0.3 is 4.74 Å². The normalized spacial score (nSPS) is 9.50.